The smallest absolute Gasteiger partial charge is 0.237 e. The SMILES string of the molecule is CC[C@H](Sc1nncn2c1cc1sccc12)C(=O)Nc1ccccc1C. The molecule has 5 nitrogen and oxygen atoms in total. The second-order valence-electron chi connectivity index (χ2n) is 6.02. The molecule has 0 spiro atoms. The standard InChI is InChI=1S/C19H18N4OS2/c1-3-16(18(24)21-13-7-5-4-6-12(13)2)26-19-15-10-17-14(8-9-25-17)23(15)11-20-22-19/h4-11,16H,3H2,1-2H3,(H,21,24)/t16-/m0/s1. The van der Waals surface area contributed by atoms with Gasteiger partial charge in [0.2, 0.25) is 5.91 Å². The molecule has 26 heavy (non-hydrogen) atoms. The zero-order chi connectivity index (χ0) is 18.1. The Morgan fingerprint density at radius 3 is 2.96 bits per heavy atom. The van der Waals surface area contributed by atoms with E-state index in [1.54, 1.807) is 17.7 Å². The minimum Gasteiger partial charge on any atom is -0.325 e. The lowest BCUT2D eigenvalue weighted by Crippen LogP contribution is -2.25. The van der Waals surface area contributed by atoms with Crippen LogP contribution < -0.4 is 5.32 Å². The molecule has 0 fully saturated rings. The number of aryl methyl sites for hydroxylation is 1. The van der Waals surface area contributed by atoms with Gasteiger partial charge in [0.15, 0.2) is 0 Å². The number of amides is 1. The number of thiophene rings is 1. The molecule has 0 radical (unpaired) electrons. The molecule has 0 aliphatic heterocycles. The summed E-state index contributed by atoms with van der Waals surface area (Å²) in [6, 6.07) is 12.0. The van der Waals surface area contributed by atoms with E-state index in [-0.39, 0.29) is 11.2 Å². The van der Waals surface area contributed by atoms with Gasteiger partial charge in [-0.05, 0) is 42.5 Å². The molecule has 0 saturated heterocycles. The van der Waals surface area contributed by atoms with Gasteiger partial charge in [0.05, 0.1) is 21.0 Å². The Morgan fingerprint density at radius 2 is 2.15 bits per heavy atom. The summed E-state index contributed by atoms with van der Waals surface area (Å²) >= 11 is 3.16. The van der Waals surface area contributed by atoms with Crippen LogP contribution in [0.1, 0.15) is 18.9 Å². The van der Waals surface area contributed by atoms with Crippen LogP contribution in [-0.4, -0.2) is 25.8 Å². The summed E-state index contributed by atoms with van der Waals surface area (Å²) < 4.78 is 3.23. The van der Waals surface area contributed by atoms with Gasteiger partial charge in [-0.1, -0.05) is 36.9 Å². The summed E-state index contributed by atoms with van der Waals surface area (Å²) in [7, 11) is 0. The van der Waals surface area contributed by atoms with Gasteiger partial charge < -0.3 is 5.32 Å². The molecule has 0 aliphatic rings. The lowest BCUT2D eigenvalue weighted by molar-refractivity contribution is -0.115. The fourth-order valence-corrected chi connectivity index (χ4v) is 4.67. The maximum Gasteiger partial charge on any atom is 0.237 e. The summed E-state index contributed by atoms with van der Waals surface area (Å²) in [6.45, 7) is 4.00. The number of carbonyl (C=O) groups excluding carboxylic acids is 1. The maximum absolute atomic E-state index is 12.8. The van der Waals surface area contributed by atoms with Crippen LogP contribution in [0.25, 0.3) is 15.7 Å². The zero-order valence-corrected chi connectivity index (χ0v) is 16.1. The summed E-state index contributed by atoms with van der Waals surface area (Å²) in [6.07, 6.45) is 2.43. The van der Waals surface area contributed by atoms with Crippen molar-refractivity contribution in [1.29, 1.82) is 0 Å². The first kappa shape index (κ1) is 17.1. The second kappa shape index (κ2) is 7.09. The van der Waals surface area contributed by atoms with Crippen molar-refractivity contribution in [2.45, 2.75) is 30.5 Å². The van der Waals surface area contributed by atoms with Crippen molar-refractivity contribution in [2.24, 2.45) is 0 Å². The third-order valence-corrected chi connectivity index (χ3v) is 6.51. The van der Waals surface area contributed by atoms with E-state index in [4.69, 9.17) is 0 Å². The topological polar surface area (TPSA) is 59.3 Å². The Bertz CT molecular complexity index is 1090. The maximum atomic E-state index is 12.8. The zero-order valence-electron chi connectivity index (χ0n) is 14.5. The van der Waals surface area contributed by atoms with Crippen LogP contribution in [0.3, 0.4) is 0 Å². The molecule has 0 saturated carbocycles. The van der Waals surface area contributed by atoms with Crippen molar-refractivity contribution in [3.63, 3.8) is 0 Å². The van der Waals surface area contributed by atoms with Gasteiger partial charge in [0.1, 0.15) is 11.4 Å². The van der Waals surface area contributed by atoms with Crippen molar-refractivity contribution in [2.75, 3.05) is 5.32 Å². The number of thioether (sulfide) groups is 1. The van der Waals surface area contributed by atoms with Gasteiger partial charge in [0, 0.05) is 5.69 Å². The third-order valence-electron chi connectivity index (χ3n) is 4.32. The van der Waals surface area contributed by atoms with Crippen LogP contribution in [0.2, 0.25) is 0 Å². The number of anilines is 1. The van der Waals surface area contributed by atoms with Crippen molar-refractivity contribution in [1.82, 2.24) is 14.6 Å². The number of hydrogen-bond donors (Lipinski definition) is 1. The predicted molar refractivity (Wildman–Crippen MR) is 108 cm³/mol. The highest BCUT2D eigenvalue weighted by Gasteiger charge is 2.21. The number of rotatable bonds is 5. The minimum absolute atomic E-state index is 0.0102. The minimum atomic E-state index is -0.233. The summed E-state index contributed by atoms with van der Waals surface area (Å²) in [4.78, 5) is 12.8. The van der Waals surface area contributed by atoms with Gasteiger partial charge in [-0.3, -0.25) is 9.20 Å². The average Bonchev–Trinajstić information content (AvgIpc) is 3.23. The first-order chi connectivity index (χ1) is 12.7. The molecule has 132 valence electrons. The molecule has 1 N–H and O–H groups in total. The van der Waals surface area contributed by atoms with Crippen molar-refractivity contribution < 1.29 is 4.79 Å². The average molecular weight is 383 g/mol. The number of carbonyl (C=O) groups is 1. The molecule has 1 aromatic carbocycles. The quantitative estimate of drug-likeness (QED) is 0.506. The first-order valence-corrected chi connectivity index (χ1v) is 10.2. The van der Waals surface area contributed by atoms with E-state index in [9.17, 15) is 4.79 Å². The van der Waals surface area contributed by atoms with E-state index in [1.807, 2.05) is 42.5 Å². The molecule has 4 rings (SSSR count). The molecule has 3 aromatic heterocycles. The molecular formula is C19H18N4OS2. The Labute approximate surface area is 159 Å². The van der Waals surface area contributed by atoms with Crippen LogP contribution in [-0.2, 0) is 4.79 Å². The highest BCUT2D eigenvalue weighted by molar-refractivity contribution is 8.00. The number of para-hydroxylation sites is 1. The highest BCUT2D eigenvalue weighted by atomic mass is 32.2. The molecule has 1 atom stereocenters. The molecular weight excluding hydrogens is 364 g/mol. The molecule has 1 amide bonds. The van der Waals surface area contributed by atoms with Gasteiger partial charge in [0.25, 0.3) is 0 Å². The molecule has 0 aliphatic carbocycles. The van der Waals surface area contributed by atoms with Crippen molar-refractivity contribution in [3.05, 3.63) is 53.7 Å². The van der Waals surface area contributed by atoms with Crippen LogP contribution in [0.4, 0.5) is 5.69 Å². The van der Waals surface area contributed by atoms with Crippen LogP contribution in [0.15, 0.2) is 53.1 Å². The number of nitrogens with zero attached hydrogens (tertiary/aromatic N) is 3. The van der Waals surface area contributed by atoms with Gasteiger partial charge in [-0.25, -0.2) is 0 Å². The van der Waals surface area contributed by atoms with E-state index in [1.165, 1.54) is 16.5 Å². The van der Waals surface area contributed by atoms with Crippen LogP contribution >= 0.6 is 23.1 Å². The van der Waals surface area contributed by atoms with E-state index in [2.05, 4.69) is 33.0 Å². The number of nitrogens with one attached hydrogen (secondary N) is 1. The number of hydrogen-bond acceptors (Lipinski definition) is 5. The third kappa shape index (κ3) is 3.08. The van der Waals surface area contributed by atoms with Gasteiger partial charge in [-0.15, -0.1) is 21.5 Å². The van der Waals surface area contributed by atoms with E-state index in [0.717, 1.165) is 27.3 Å². The Morgan fingerprint density at radius 1 is 1.31 bits per heavy atom. The monoisotopic (exact) mass is 382 g/mol. The van der Waals surface area contributed by atoms with Gasteiger partial charge in [-0.2, -0.15) is 0 Å². The number of benzene rings is 1. The van der Waals surface area contributed by atoms with E-state index >= 15 is 0 Å². The van der Waals surface area contributed by atoms with E-state index in [0.29, 0.717) is 6.42 Å². The summed E-state index contributed by atoms with van der Waals surface area (Å²) in [5, 5.41) is 14.1. The van der Waals surface area contributed by atoms with Crippen LogP contribution in [0, 0.1) is 6.92 Å². The molecule has 4 aromatic rings. The predicted octanol–water partition coefficient (Wildman–Crippen LogP) is 4.76. The fraction of sp³-hybridized carbons (Fsp3) is 0.211. The number of aromatic nitrogens is 3. The Balaban J connectivity index is 1.61. The largest absolute Gasteiger partial charge is 0.325 e. The molecule has 7 heteroatoms. The van der Waals surface area contributed by atoms with E-state index < -0.39 is 0 Å². The van der Waals surface area contributed by atoms with Crippen LogP contribution in [0.5, 0.6) is 0 Å². The molecule has 0 bridgehead atoms. The lowest BCUT2D eigenvalue weighted by atomic mass is 10.2. The number of fused-ring (bicyclic) bond motifs is 3. The van der Waals surface area contributed by atoms with Crippen molar-refractivity contribution in [3.8, 4) is 0 Å². The van der Waals surface area contributed by atoms with Crippen molar-refractivity contribution >= 4 is 50.4 Å². The summed E-state index contributed by atoms with van der Waals surface area (Å²) in [5.74, 6) is -0.0102. The summed E-state index contributed by atoms with van der Waals surface area (Å²) in [5.41, 5.74) is 4.02. The normalized spacial score (nSPS) is 12.5. The Hall–Kier alpha value is -2.38. The first-order valence-electron chi connectivity index (χ1n) is 8.40. The molecule has 0 unspecified atom stereocenters. The Kier molecular flexibility index (Phi) is 4.65. The van der Waals surface area contributed by atoms with Gasteiger partial charge >= 0.3 is 0 Å². The second-order valence-corrected chi connectivity index (χ2v) is 8.16. The fourth-order valence-electron chi connectivity index (χ4n) is 2.88. The lowest BCUT2D eigenvalue weighted by Gasteiger charge is -2.15. The highest BCUT2D eigenvalue weighted by Crippen LogP contribution is 2.32. The molecule has 3 heterocycles.